The highest BCUT2D eigenvalue weighted by molar-refractivity contribution is 14.1. The lowest BCUT2D eigenvalue weighted by atomic mass is 10.2. The highest BCUT2D eigenvalue weighted by Gasteiger charge is 2.08. The van der Waals surface area contributed by atoms with Gasteiger partial charge in [0.25, 0.3) is 5.91 Å². The summed E-state index contributed by atoms with van der Waals surface area (Å²) in [6.45, 7) is 2.17. The van der Waals surface area contributed by atoms with Crippen molar-refractivity contribution < 1.29 is 19.4 Å². The number of halogens is 2. The average Bonchev–Trinajstić information content (AvgIpc) is 2.58. The van der Waals surface area contributed by atoms with Crippen LogP contribution < -0.4 is 14.9 Å². The van der Waals surface area contributed by atoms with Gasteiger partial charge in [0.2, 0.25) is 0 Å². The van der Waals surface area contributed by atoms with Gasteiger partial charge >= 0.3 is 0 Å². The van der Waals surface area contributed by atoms with E-state index < -0.39 is 5.91 Å². The molecule has 2 rings (SSSR count). The minimum absolute atomic E-state index is 0.101. The summed E-state index contributed by atoms with van der Waals surface area (Å²) in [6, 6.07) is 10.6. The van der Waals surface area contributed by atoms with Gasteiger partial charge in [0.15, 0.2) is 18.1 Å². The minimum atomic E-state index is -0.424. The second kappa shape index (κ2) is 9.62. The third-order valence-electron chi connectivity index (χ3n) is 2.96. The topological polar surface area (TPSA) is 80.2 Å². The van der Waals surface area contributed by atoms with Crippen LogP contribution in [0, 0.1) is 3.57 Å². The molecule has 0 aliphatic carbocycles. The van der Waals surface area contributed by atoms with Crippen molar-refractivity contribution in [2.24, 2.45) is 5.10 Å². The zero-order valence-corrected chi connectivity index (χ0v) is 17.1. The maximum atomic E-state index is 11.8. The van der Waals surface area contributed by atoms with E-state index in [2.05, 4.69) is 26.5 Å². The molecule has 0 aliphatic heterocycles. The van der Waals surface area contributed by atoms with E-state index in [4.69, 9.17) is 9.47 Å². The van der Waals surface area contributed by atoms with Crippen LogP contribution in [-0.4, -0.2) is 30.4 Å². The zero-order chi connectivity index (χ0) is 18.2. The molecule has 6 nitrogen and oxygen atoms in total. The number of hydrazone groups is 1. The number of benzene rings is 2. The standard InChI is InChI=1S/C17H16BrIN2O4/c1-2-24-14-5-3-4-6-15(14)25-10-16(22)21-20-9-11-7-12(18)8-13(19)17(11)23/h3-9,23H,2,10H2,1H3,(H,21,22)/b20-9+. The number of aromatic hydroxyl groups is 1. The van der Waals surface area contributed by atoms with Gasteiger partial charge in [-0.25, -0.2) is 5.43 Å². The molecular weight excluding hydrogens is 503 g/mol. The zero-order valence-electron chi connectivity index (χ0n) is 13.3. The fraction of sp³-hybridized carbons (Fsp3) is 0.176. The molecule has 0 saturated heterocycles. The summed E-state index contributed by atoms with van der Waals surface area (Å²) in [6.07, 6.45) is 1.37. The number of carbonyl (C=O) groups is 1. The second-order valence-corrected chi connectivity index (χ2v) is 6.86. The molecule has 2 N–H and O–H groups in total. The largest absolute Gasteiger partial charge is 0.506 e. The van der Waals surface area contributed by atoms with Gasteiger partial charge in [-0.15, -0.1) is 0 Å². The first kappa shape index (κ1) is 19.5. The van der Waals surface area contributed by atoms with Gasteiger partial charge in [0.05, 0.1) is 16.4 Å². The lowest BCUT2D eigenvalue weighted by Gasteiger charge is -2.10. The van der Waals surface area contributed by atoms with Crippen molar-refractivity contribution in [2.75, 3.05) is 13.2 Å². The molecule has 0 aliphatic rings. The summed E-state index contributed by atoms with van der Waals surface area (Å²) < 4.78 is 12.4. The number of phenols is 1. The highest BCUT2D eigenvalue weighted by atomic mass is 127. The van der Waals surface area contributed by atoms with Crippen molar-refractivity contribution in [3.05, 3.63) is 50.0 Å². The van der Waals surface area contributed by atoms with Crippen molar-refractivity contribution in [3.8, 4) is 17.2 Å². The summed E-state index contributed by atoms with van der Waals surface area (Å²) >= 11 is 5.35. The molecule has 2 aromatic carbocycles. The van der Waals surface area contributed by atoms with Gasteiger partial charge in [-0.3, -0.25) is 4.79 Å². The highest BCUT2D eigenvalue weighted by Crippen LogP contribution is 2.27. The lowest BCUT2D eigenvalue weighted by Crippen LogP contribution is -2.24. The van der Waals surface area contributed by atoms with Crippen LogP contribution in [0.2, 0.25) is 0 Å². The number of carbonyl (C=O) groups excluding carboxylic acids is 1. The van der Waals surface area contributed by atoms with Gasteiger partial charge in [-0.2, -0.15) is 5.10 Å². The molecule has 25 heavy (non-hydrogen) atoms. The number of nitrogens with zero attached hydrogens (tertiary/aromatic N) is 1. The first-order valence-electron chi connectivity index (χ1n) is 7.35. The van der Waals surface area contributed by atoms with Gasteiger partial charge in [-0.1, -0.05) is 28.1 Å². The smallest absolute Gasteiger partial charge is 0.277 e. The van der Waals surface area contributed by atoms with E-state index in [1.165, 1.54) is 6.21 Å². The normalized spacial score (nSPS) is 10.7. The Balaban J connectivity index is 1.91. The fourth-order valence-electron chi connectivity index (χ4n) is 1.88. The van der Waals surface area contributed by atoms with Gasteiger partial charge in [0.1, 0.15) is 5.75 Å². The van der Waals surface area contributed by atoms with Crippen LogP contribution in [0.4, 0.5) is 0 Å². The molecule has 0 saturated carbocycles. The minimum Gasteiger partial charge on any atom is -0.506 e. The Kier molecular flexibility index (Phi) is 7.51. The summed E-state index contributed by atoms with van der Waals surface area (Å²) in [4.78, 5) is 11.8. The Morgan fingerprint density at radius 1 is 1.32 bits per heavy atom. The number of ether oxygens (including phenoxy) is 2. The molecule has 0 unspecified atom stereocenters. The quantitative estimate of drug-likeness (QED) is 0.333. The Morgan fingerprint density at radius 2 is 2.00 bits per heavy atom. The summed E-state index contributed by atoms with van der Waals surface area (Å²) in [5, 5.41) is 13.8. The van der Waals surface area contributed by atoms with E-state index in [9.17, 15) is 9.90 Å². The molecule has 132 valence electrons. The number of amides is 1. The van der Waals surface area contributed by atoms with E-state index in [-0.39, 0.29) is 12.4 Å². The third-order valence-corrected chi connectivity index (χ3v) is 4.24. The van der Waals surface area contributed by atoms with Crippen LogP contribution in [0.3, 0.4) is 0 Å². The van der Waals surface area contributed by atoms with Gasteiger partial charge in [-0.05, 0) is 53.8 Å². The maximum Gasteiger partial charge on any atom is 0.277 e. The molecule has 0 heterocycles. The molecule has 2 aromatic rings. The van der Waals surface area contributed by atoms with Crippen LogP contribution >= 0.6 is 38.5 Å². The predicted molar refractivity (Wildman–Crippen MR) is 107 cm³/mol. The maximum absolute atomic E-state index is 11.8. The third kappa shape index (κ3) is 5.89. The second-order valence-electron chi connectivity index (χ2n) is 4.79. The van der Waals surface area contributed by atoms with Crippen LogP contribution in [0.15, 0.2) is 46.0 Å². The van der Waals surface area contributed by atoms with Crippen molar-refractivity contribution in [2.45, 2.75) is 6.92 Å². The Bertz CT molecular complexity index is 783. The van der Waals surface area contributed by atoms with Crippen LogP contribution in [-0.2, 0) is 4.79 Å². The Hall–Kier alpha value is -1.81. The van der Waals surface area contributed by atoms with E-state index in [1.807, 2.05) is 35.6 Å². The van der Waals surface area contributed by atoms with Crippen LogP contribution in [0.1, 0.15) is 12.5 Å². The molecule has 8 heteroatoms. The van der Waals surface area contributed by atoms with E-state index in [1.54, 1.807) is 30.3 Å². The number of nitrogens with one attached hydrogen (secondary N) is 1. The molecule has 0 fully saturated rings. The van der Waals surface area contributed by atoms with E-state index in [0.29, 0.717) is 27.2 Å². The van der Waals surface area contributed by atoms with Crippen LogP contribution in [0.5, 0.6) is 17.2 Å². The summed E-state index contributed by atoms with van der Waals surface area (Å²) in [7, 11) is 0. The van der Waals surface area contributed by atoms with Gasteiger partial charge in [0, 0.05) is 10.0 Å². The summed E-state index contributed by atoms with van der Waals surface area (Å²) in [5.41, 5.74) is 2.84. The van der Waals surface area contributed by atoms with Crippen LogP contribution in [0.25, 0.3) is 0 Å². The first-order valence-corrected chi connectivity index (χ1v) is 9.23. The molecule has 0 spiro atoms. The fourth-order valence-corrected chi connectivity index (χ4v) is 3.43. The number of para-hydroxylation sites is 2. The van der Waals surface area contributed by atoms with E-state index in [0.717, 1.165) is 4.47 Å². The Labute approximate surface area is 167 Å². The first-order chi connectivity index (χ1) is 12.0. The number of hydrogen-bond acceptors (Lipinski definition) is 5. The number of hydrogen-bond donors (Lipinski definition) is 2. The number of phenolic OH excluding ortho intramolecular Hbond substituents is 1. The molecular formula is C17H16BrIN2O4. The molecule has 0 bridgehead atoms. The Morgan fingerprint density at radius 3 is 2.68 bits per heavy atom. The molecule has 0 radical (unpaired) electrons. The molecule has 0 aromatic heterocycles. The van der Waals surface area contributed by atoms with Gasteiger partial charge < -0.3 is 14.6 Å². The summed E-state index contributed by atoms with van der Waals surface area (Å²) in [5.74, 6) is 0.744. The number of rotatable bonds is 7. The van der Waals surface area contributed by atoms with Crippen molar-refractivity contribution in [3.63, 3.8) is 0 Å². The lowest BCUT2D eigenvalue weighted by molar-refractivity contribution is -0.123. The average molecular weight is 519 g/mol. The monoisotopic (exact) mass is 518 g/mol. The van der Waals surface area contributed by atoms with Crippen molar-refractivity contribution in [1.82, 2.24) is 5.43 Å². The SMILES string of the molecule is CCOc1ccccc1OCC(=O)N/N=C/c1cc(Br)cc(I)c1O. The van der Waals surface area contributed by atoms with Crippen molar-refractivity contribution in [1.29, 1.82) is 0 Å². The van der Waals surface area contributed by atoms with Crippen molar-refractivity contribution >= 4 is 50.6 Å². The predicted octanol–water partition coefficient (Wildman–Crippen LogP) is 3.69. The van der Waals surface area contributed by atoms with E-state index >= 15 is 0 Å². The molecule has 1 amide bonds. The molecule has 0 atom stereocenters.